The van der Waals surface area contributed by atoms with Gasteiger partial charge in [-0.05, 0) is 65.2 Å². The third-order valence-electron chi connectivity index (χ3n) is 6.47. The molecule has 6 nitrogen and oxygen atoms in total. The highest BCUT2D eigenvalue weighted by atomic mass is 16.1. The molecule has 1 atom stereocenters. The van der Waals surface area contributed by atoms with Crippen molar-refractivity contribution < 1.29 is 4.79 Å². The van der Waals surface area contributed by atoms with Crippen molar-refractivity contribution in [3.63, 3.8) is 0 Å². The van der Waals surface area contributed by atoms with Gasteiger partial charge in [-0.15, -0.1) is 0 Å². The summed E-state index contributed by atoms with van der Waals surface area (Å²) in [5.74, 6) is -0.00462. The van der Waals surface area contributed by atoms with E-state index in [2.05, 4.69) is 26.5 Å². The Kier molecular flexibility index (Phi) is 7.10. The second-order valence-corrected chi connectivity index (χ2v) is 8.28. The molecule has 0 aliphatic carbocycles. The van der Waals surface area contributed by atoms with Gasteiger partial charge in [0.05, 0.1) is 6.67 Å². The first-order valence-corrected chi connectivity index (χ1v) is 10.3. The van der Waals surface area contributed by atoms with Crippen LogP contribution in [0.1, 0.15) is 39.0 Å². The van der Waals surface area contributed by atoms with E-state index in [0.29, 0.717) is 0 Å². The lowest BCUT2D eigenvalue weighted by atomic mass is 9.96. The topological polar surface area (TPSA) is 56.1 Å². The smallest absolute Gasteiger partial charge is 0.220 e. The Bertz CT molecular complexity index is 424. The molecular weight excluding hydrogens is 314 g/mol. The number of primary amides is 1. The SMILES string of the molecule is CC1CCCN1CCCN1CCN(CCN2CCC(C(N)=O)CC2)C1. The van der Waals surface area contributed by atoms with Gasteiger partial charge in [0.15, 0.2) is 0 Å². The minimum atomic E-state index is -0.113. The van der Waals surface area contributed by atoms with E-state index in [0.717, 1.165) is 51.7 Å². The summed E-state index contributed by atoms with van der Waals surface area (Å²) < 4.78 is 0. The quantitative estimate of drug-likeness (QED) is 0.695. The van der Waals surface area contributed by atoms with Crippen LogP contribution in [0.25, 0.3) is 0 Å². The second kappa shape index (κ2) is 9.31. The second-order valence-electron chi connectivity index (χ2n) is 8.28. The van der Waals surface area contributed by atoms with Crippen molar-refractivity contribution in [2.75, 3.05) is 65.6 Å². The largest absolute Gasteiger partial charge is 0.369 e. The van der Waals surface area contributed by atoms with E-state index in [1.54, 1.807) is 0 Å². The highest BCUT2D eigenvalue weighted by Crippen LogP contribution is 2.18. The van der Waals surface area contributed by atoms with Crippen molar-refractivity contribution >= 4 is 5.91 Å². The number of carbonyl (C=O) groups excluding carboxylic acids is 1. The average Bonchev–Trinajstić information content (AvgIpc) is 3.23. The Hall–Kier alpha value is -0.690. The van der Waals surface area contributed by atoms with Crippen LogP contribution in [0.3, 0.4) is 0 Å². The standard InChI is InChI=1S/C19H37N5O/c1-17-4-2-8-24(17)9-3-7-22-14-15-23(16-22)13-12-21-10-5-18(6-11-21)19(20)25/h17-18H,2-16H2,1H3,(H2,20,25). The fraction of sp³-hybridized carbons (Fsp3) is 0.947. The summed E-state index contributed by atoms with van der Waals surface area (Å²) in [4.78, 5) is 21.6. The zero-order valence-electron chi connectivity index (χ0n) is 16.0. The third-order valence-corrected chi connectivity index (χ3v) is 6.47. The lowest BCUT2D eigenvalue weighted by Gasteiger charge is -2.31. The van der Waals surface area contributed by atoms with Gasteiger partial charge < -0.3 is 15.5 Å². The summed E-state index contributed by atoms with van der Waals surface area (Å²) in [6.07, 6.45) is 5.95. The van der Waals surface area contributed by atoms with E-state index in [1.807, 2.05) is 0 Å². The Labute approximate surface area is 153 Å². The van der Waals surface area contributed by atoms with Crippen molar-refractivity contribution in [2.24, 2.45) is 11.7 Å². The molecule has 2 N–H and O–H groups in total. The summed E-state index contributed by atoms with van der Waals surface area (Å²) >= 11 is 0. The molecule has 1 unspecified atom stereocenters. The summed E-state index contributed by atoms with van der Waals surface area (Å²) in [6, 6.07) is 0.800. The van der Waals surface area contributed by atoms with Crippen LogP contribution in [-0.4, -0.2) is 97.1 Å². The van der Waals surface area contributed by atoms with E-state index >= 15 is 0 Å². The van der Waals surface area contributed by atoms with Crippen LogP contribution in [0.15, 0.2) is 0 Å². The maximum absolute atomic E-state index is 11.2. The zero-order valence-corrected chi connectivity index (χ0v) is 16.0. The third kappa shape index (κ3) is 5.64. The van der Waals surface area contributed by atoms with Crippen LogP contribution in [0.4, 0.5) is 0 Å². The van der Waals surface area contributed by atoms with Gasteiger partial charge in [0.25, 0.3) is 0 Å². The number of rotatable bonds is 8. The molecule has 3 heterocycles. The number of nitrogens with two attached hydrogens (primary N) is 1. The summed E-state index contributed by atoms with van der Waals surface area (Å²) in [7, 11) is 0. The molecule has 0 spiro atoms. The molecule has 0 aromatic heterocycles. The maximum atomic E-state index is 11.2. The van der Waals surface area contributed by atoms with Crippen LogP contribution >= 0.6 is 0 Å². The monoisotopic (exact) mass is 351 g/mol. The maximum Gasteiger partial charge on any atom is 0.220 e. The van der Waals surface area contributed by atoms with Crippen molar-refractivity contribution in [2.45, 2.75) is 45.1 Å². The predicted octanol–water partition coefficient (Wildman–Crippen LogP) is 0.633. The lowest BCUT2D eigenvalue weighted by Crippen LogP contribution is -2.42. The summed E-state index contributed by atoms with van der Waals surface area (Å²) in [5.41, 5.74) is 5.41. The molecule has 0 radical (unpaired) electrons. The Morgan fingerprint density at radius 2 is 1.56 bits per heavy atom. The predicted molar refractivity (Wildman–Crippen MR) is 101 cm³/mol. The number of amides is 1. The Balaban J connectivity index is 1.25. The van der Waals surface area contributed by atoms with Crippen LogP contribution < -0.4 is 5.73 Å². The molecule has 0 aromatic carbocycles. The lowest BCUT2D eigenvalue weighted by molar-refractivity contribution is -0.123. The fourth-order valence-electron chi connectivity index (χ4n) is 4.62. The van der Waals surface area contributed by atoms with Crippen LogP contribution in [0.5, 0.6) is 0 Å². The number of nitrogens with zero attached hydrogens (tertiary/aromatic N) is 4. The number of hydrogen-bond donors (Lipinski definition) is 1. The molecule has 3 aliphatic heterocycles. The molecule has 0 saturated carbocycles. The van der Waals surface area contributed by atoms with E-state index in [9.17, 15) is 4.79 Å². The summed E-state index contributed by atoms with van der Waals surface area (Å²) in [6.45, 7) is 14.1. The van der Waals surface area contributed by atoms with Crippen molar-refractivity contribution in [1.29, 1.82) is 0 Å². The molecule has 3 saturated heterocycles. The van der Waals surface area contributed by atoms with Gasteiger partial charge in [-0.25, -0.2) is 0 Å². The molecule has 0 bridgehead atoms. The van der Waals surface area contributed by atoms with Gasteiger partial charge >= 0.3 is 0 Å². The van der Waals surface area contributed by atoms with E-state index < -0.39 is 0 Å². The van der Waals surface area contributed by atoms with Gasteiger partial charge in [0, 0.05) is 44.7 Å². The number of piperidine rings is 1. The van der Waals surface area contributed by atoms with Crippen LogP contribution in [0.2, 0.25) is 0 Å². The van der Waals surface area contributed by atoms with E-state index in [-0.39, 0.29) is 11.8 Å². The minimum Gasteiger partial charge on any atom is -0.369 e. The number of likely N-dealkylation sites (tertiary alicyclic amines) is 2. The minimum absolute atomic E-state index is 0.108. The normalized spacial score (nSPS) is 28.1. The molecule has 0 aromatic rings. The highest BCUT2D eigenvalue weighted by molar-refractivity contribution is 5.76. The van der Waals surface area contributed by atoms with Crippen LogP contribution in [0, 0.1) is 5.92 Å². The van der Waals surface area contributed by atoms with Gasteiger partial charge in [0.2, 0.25) is 5.91 Å². The molecule has 3 rings (SSSR count). The highest BCUT2D eigenvalue weighted by Gasteiger charge is 2.25. The Morgan fingerprint density at radius 1 is 0.880 bits per heavy atom. The number of hydrogen-bond acceptors (Lipinski definition) is 5. The van der Waals surface area contributed by atoms with Crippen LogP contribution in [-0.2, 0) is 4.79 Å². The van der Waals surface area contributed by atoms with Crippen molar-refractivity contribution in [3.8, 4) is 0 Å². The van der Waals surface area contributed by atoms with Gasteiger partial charge in [0.1, 0.15) is 0 Å². The molecule has 1 amide bonds. The van der Waals surface area contributed by atoms with E-state index in [4.69, 9.17) is 5.73 Å². The first kappa shape index (κ1) is 19.1. The van der Waals surface area contributed by atoms with Gasteiger partial charge in [-0.1, -0.05) is 0 Å². The van der Waals surface area contributed by atoms with Crippen molar-refractivity contribution in [3.05, 3.63) is 0 Å². The first-order chi connectivity index (χ1) is 12.1. The molecule has 6 heteroatoms. The average molecular weight is 352 g/mol. The van der Waals surface area contributed by atoms with Gasteiger partial charge in [-0.2, -0.15) is 0 Å². The first-order valence-electron chi connectivity index (χ1n) is 10.3. The molecular formula is C19H37N5O. The van der Waals surface area contributed by atoms with E-state index in [1.165, 1.54) is 52.0 Å². The molecule has 3 fully saturated rings. The van der Waals surface area contributed by atoms with Crippen molar-refractivity contribution in [1.82, 2.24) is 19.6 Å². The zero-order chi connectivity index (χ0) is 17.6. The van der Waals surface area contributed by atoms with Gasteiger partial charge in [-0.3, -0.25) is 14.6 Å². The number of carbonyl (C=O) groups is 1. The molecule has 25 heavy (non-hydrogen) atoms. The molecule has 144 valence electrons. The Morgan fingerprint density at radius 3 is 2.20 bits per heavy atom. The summed E-state index contributed by atoms with van der Waals surface area (Å²) in [5, 5.41) is 0. The molecule has 3 aliphatic rings. The fourth-order valence-corrected chi connectivity index (χ4v) is 4.62.